The van der Waals surface area contributed by atoms with Gasteiger partial charge in [-0.3, -0.25) is 4.79 Å². The van der Waals surface area contributed by atoms with Crippen LogP contribution in [-0.2, 0) is 16.0 Å². The van der Waals surface area contributed by atoms with Crippen molar-refractivity contribution in [3.63, 3.8) is 0 Å². The summed E-state index contributed by atoms with van der Waals surface area (Å²) in [4.78, 5) is 11.4. The molecule has 0 spiro atoms. The van der Waals surface area contributed by atoms with Crippen molar-refractivity contribution in [2.24, 2.45) is 5.41 Å². The third-order valence-electron chi connectivity index (χ3n) is 3.74. The monoisotopic (exact) mass is 264 g/mol. The van der Waals surface area contributed by atoms with Gasteiger partial charge in [-0.05, 0) is 36.6 Å². The zero-order valence-electron chi connectivity index (χ0n) is 10.8. The van der Waals surface area contributed by atoms with Crippen LogP contribution in [-0.4, -0.2) is 37.5 Å². The van der Waals surface area contributed by atoms with E-state index in [2.05, 4.69) is 0 Å². The zero-order valence-corrected chi connectivity index (χ0v) is 10.8. The minimum Gasteiger partial charge on any atom is -0.486 e. The highest BCUT2D eigenvalue weighted by atomic mass is 16.6. The summed E-state index contributed by atoms with van der Waals surface area (Å²) < 4.78 is 16.1. The summed E-state index contributed by atoms with van der Waals surface area (Å²) in [5, 5.41) is 9.34. The summed E-state index contributed by atoms with van der Waals surface area (Å²) in [6.45, 7) is 3.59. The molecule has 3 rings (SSSR count). The van der Waals surface area contributed by atoms with Gasteiger partial charge < -0.3 is 19.3 Å². The third kappa shape index (κ3) is 2.04. The van der Waals surface area contributed by atoms with E-state index in [1.54, 1.807) is 0 Å². The fourth-order valence-corrected chi connectivity index (χ4v) is 2.44. The van der Waals surface area contributed by atoms with Crippen LogP contribution in [0.3, 0.4) is 0 Å². The van der Waals surface area contributed by atoms with Crippen LogP contribution in [0.5, 0.6) is 11.5 Å². The van der Waals surface area contributed by atoms with Crippen molar-refractivity contribution in [1.29, 1.82) is 0 Å². The van der Waals surface area contributed by atoms with Gasteiger partial charge in [0.25, 0.3) is 0 Å². The highest BCUT2D eigenvalue weighted by Crippen LogP contribution is 2.38. The number of ether oxygens (including phenoxy) is 3. The van der Waals surface area contributed by atoms with E-state index < -0.39 is 11.4 Å². The first kappa shape index (κ1) is 12.3. The number of benzene rings is 1. The van der Waals surface area contributed by atoms with E-state index in [-0.39, 0.29) is 13.2 Å². The molecule has 1 aromatic rings. The normalized spacial score (nSPS) is 19.6. The van der Waals surface area contributed by atoms with Crippen LogP contribution in [0, 0.1) is 12.3 Å². The molecule has 0 radical (unpaired) electrons. The first-order valence-electron chi connectivity index (χ1n) is 6.31. The van der Waals surface area contributed by atoms with E-state index in [0.717, 1.165) is 16.9 Å². The van der Waals surface area contributed by atoms with Crippen LogP contribution < -0.4 is 9.47 Å². The Hall–Kier alpha value is -1.75. The second-order valence-electron chi connectivity index (χ2n) is 5.18. The number of hydrogen-bond donors (Lipinski definition) is 1. The first-order valence-corrected chi connectivity index (χ1v) is 6.31. The smallest absolute Gasteiger partial charge is 0.314 e. The largest absolute Gasteiger partial charge is 0.486 e. The summed E-state index contributed by atoms with van der Waals surface area (Å²) in [5.41, 5.74) is 1.22. The maximum Gasteiger partial charge on any atom is 0.314 e. The minimum absolute atomic E-state index is 0.274. The van der Waals surface area contributed by atoms with Crippen molar-refractivity contribution in [1.82, 2.24) is 0 Å². The van der Waals surface area contributed by atoms with Gasteiger partial charge in [0.1, 0.15) is 18.6 Å². The highest BCUT2D eigenvalue weighted by Gasteiger charge is 2.46. The fraction of sp³-hybridized carbons (Fsp3) is 0.500. The topological polar surface area (TPSA) is 65.0 Å². The van der Waals surface area contributed by atoms with E-state index in [1.807, 2.05) is 19.1 Å². The second-order valence-corrected chi connectivity index (χ2v) is 5.18. The molecule has 19 heavy (non-hydrogen) atoms. The van der Waals surface area contributed by atoms with Crippen molar-refractivity contribution >= 4 is 5.97 Å². The summed E-state index contributed by atoms with van der Waals surface area (Å²) in [7, 11) is 0. The third-order valence-corrected chi connectivity index (χ3v) is 3.74. The lowest BCUT2D eigenvalue weighted by atomic mass is 9.79. The van der Waals surface area contributed by atoms with E-state index in [4.69, 9.17) is 14.2 Å². The van der Waals surface area contributed by atoms with Gasteiger partial charge in [-0.1, -0.05) is 0 Å². The average Bonchev–Trinajstić information content (AvgIpc) is 2.33. The first-order chi connectivity index (χ1) is 9.11. The lowest BCUT2D eigenvalue weighted by Crippen LogP contribution is -2.50. The van der Waals surface area contributed by atoms with E-state index in [0.29, 0.717) is 25.4 Å². The summed E-state index contributed by atoms with van der Waals surface area (Å²) >= 11 is 0. The van der Waals surface area contributed by atoms with Gasteiger partial charge in [-0.2, -0.15) is 0 Å². The van der Waals surface area contributed by atoms with Gasteiger partial charge in [0.05, 0.1) is 13.2 Å². The predicted molar refractivity (Wildman–Crippen MR) is 66.8 cm³/mol. The minimum atomic E-state index is -0.798. The average molecular weight is 264 g/mol. The van der Waals surface area contributed by atoms with Gasteiger partial charge in [0, 0.05) is 0 Å². The van der Waals surface area contributed by atoms with Crippen LogP contribution >= 0.6 is 0 Å². The number of aliphatic carboxylic acids is 1. The Balaban J connectivity index is 1.90. The standard InChI is InChI=1S/C14H16O5/c1-9-4-11-12(19-3-2-18-11)5-10(9)6-14(13(15)16)7-17-8-14/h4-5H,2-3,6-8H2,1H3,(H,15,16). The molecule has 1 aromatic carbocycles. The Morgan fingerprint density at radius 2 is 1.89 bits per heavy atom. The van der Waals surface area contributed by atoms with Gasteiger partial charge in [-0.15, -0.1) is 0 Å². The summed E-state index contributed by atoms with van der Waals surface area (Å²) in [5.74, 6) is 0.641. The Labute approximate surface area is 111 Å². The van der Waals surface area contributed by atoms with Crippen molar-refractivity contribution < 1.29 is 24.1 Å². The Morgan fingerprint density at radius 3 is 2.42 bits per heavy atom. The second kappa shape index (κ2) is 4.42. The van der Waals surface area contributed by atoms with E-state index >= 15 is 0 Å². The molecule has 0 unspecified atom stereocenters. The molecule has 0 saturated carbocycles. The maximum atomic E-state index is 11.4. The number of aryl methyl sites for hydroxylation is 1. The van der Waals surface area contributed by atoms with Gasteiger partial charge >= 0.3 is 5.97 Å². The molecule has 2 aliphatic rings. The number of hydrogen-bond acceptors (Lipinski definition) is 4. The van der Waals surface area contributed by atoms with Crippen molar-refractivity contribution in [3.05, 3.63) is 23.3 Å². The van der Waals surface area contributed by atoms with Gasteiger partial charge in [0.15, 0.2) is 11.5 Å². The molecule has 102 valence electrons. The maximum absolute atomic E-state index is 11.4. The molecule has 0 amide bonds. The number of carbonyl (C=O) groups is 1. The fourth-order valence-electron chi connectivity index (χ4n) is 2.44. The highest BCUT2D eigenvalue weighted by molar-refractivity contribution is 5.76. The quantitative estimate of drug-likeness (QED) is 0.894. The molecule has 1 fully saturated rings. The molecule has 2 aliphatic heterocycles. The number of carboxylic acid groups (broad SMARTS) is 1. The Morgan fingerprint density at radius 1 is 1.26 bits per heavy atom. The van der Waals surface area contributed by atoms with E-state index in [9.17, 15) is 9.90 Å². The molecule has 1 N–H and O–H groups in total. The van der Waals surface area contributed by atoms with Crippen LogP contribution in [0.4, 0.5) is 0 Å². The molecule has 0 bridgehead atoms. The SMILES string of the molecule is Cc1cc2c(cc1CC1(C(=O)O)COC1)OCCO2. The molecule has 5 nitrogen and oxygen atoms in total. The zero-order chi connectivity index (χ0) is 13.5. The molecule has 0 aromatic heterocycles. The Bertz CT molecular complexity index is 519. The van der Waals surface area contributed by atoms with Crippen molar-refractivity contribution in [2.75, 3.05) is 26.4 Å². The van der Waals surface area contributed by atoms with Crippen LogP contribution in [0.2, 0.25) is 0 Å². The van der Waals surface area contributed by atoms with Crippen LogP contribution in [0.15, 0.2) is 12.1 Å². The predicted octanol–water partition coefficient (Wildman–Crippen LogP) is 1.41. The van der Waals surface area contributed by atoms with Gasteiger partial charge in [0.2, 0.25) is 0 Å². The molecule has 2 heterocycles. The molecular formula is C14H16O5. The van der Waals surface area contributed by atoms with Gasteiger partial charge in [-0.25, -0.2) is 0 Å². The molecule has 5 heteroatoms. The number of carboxylic acids is 1. The lowest BCUT2D eigenvalue weighted by molar-refractivity contribution is -0.179. The molecular weight excluding hydrogens is 248 g/mol. The number of fused-ring (bicyclic) bond motifs is 1. The van der Waals surface area contributed by atoms with Crippen LogP contribution in [0.1, 0.15) is 11.1 Å². The van der Waals surface area contributed by atoms with Crippen molar-refractivity contribution in [2.45, 2.75) is 13.3 Å². The molecule has 0 atom stereocenters. The summed E-state index contributed by atoms with van der Waals surface area (Å²) in [6, 6.07) is 3.81. The number of rotatable bonds is 3. The lowest BCUT2D eigenvalue weighted by Gasteiger charge is -2.38. The molecule has 1 saturated heterocycles. The van der Waals surface area contributed by atoms with Crippen molar-refractivity contribution in [3.8, 4) is 11.5 Å². The van der Waals surface area contributed by atoms with E-state index in [1.165, 1.54) is 0 Å². The van der Waals surface area contributed by atoms with Crippen LogP contribution in [0.25, 0.3) is 0 Å². The molecule has 0 aliphatic carbocycles. The Kier molecular flexibility index (Phi) is 2.86. The summed E-state index contributed by atoms with van der Waals surface area (Å²) in [6.07, 6.45) is 0.463.